The fraction of sp³-hybridized carbons (Fsp3) is 0. The van der Waals surface area contributed by atoms with E-state index in [4.69, 9.17) is 50.4 Å². The zero-order valence-corrected chi connectivity index (χ0v) is 19.8. The van der Waals surface area contributed by atoms with Crippen LogP contribution in [0.4, 0.5) is 0 Å². The van der Waals surface area contributed by atoms with Crippen molar-refractivity contribution < 1.29 is 94.6 Å². The Kier molecular flexibility index (Phi) is 43.8. The minimum Gasteiger partial charge on any atom is -2.00 e. The van der Waals surface area contributed by atoms with Gasteiger partial charge < -0.3 is 66.9 Å². The van der Waals surface area contributed by atoms with Crippen LogP contribution in [0.15, 0.2) is 48.8 Å². The van der Waals surface area contributed by atoms with E-state index in [9.17, 15) is 0 Å². The Hall–Kier alpha value is -2.91. The fourth-order valence-electron chi connectivity index (χ4n) is 1.03. The number of hydrogen-bond acceptors (Lipinski definition) is 12. The molecule has 0 aliphatic heterocycles. The third kappa shape index (κ3) is 38.3. The van der Waals surface area contributed by atoms with E-state index in [1.54, 1.807) is 12.4 Å². The third-order valence-electron chi connectivity index (χ3n) is 1.76. The van der Waals surface area contributed by atoms with Crippen molar-refractivity contribution in [2.75, 3.05) is 0 Å². The molecule has 0 atom stereocenters. The maximum absolute atomic E-state index is 8.93. The van der Waals surface area contributed by atoms with E-state index in [0.717, 1.165) is 11.4 Å². The van der Waals surface area contributed by atoms with Gasteiger partial charge >= 0.3 is 17.1 Å². The molecule has 0 saturated heterocycles. The van der Waals surface area contributed by atoms with Gasteiger partial charge in [0.05, 0.1) is 33.5 Å². The molecule has 2 rings (SSSR count). The largest absolute Gasteiger partial charge is 2.00 e. The van der Waals surface area contributed by atoms with Gasteiger partial charge in [-0.25, -0.2) is 0 Å². The third-order valence-corrected chi connectivity index (χ3v) is 1.76. The summed E-state index contributed by atoms with van der Waals surface area (Å²) in [4.78, 5) is 42.7. The van der Waals surface area contributed by atoms with E-state index in [1.807, 2.05) is 36.4 Å². The van der Waals surface area contributed by atoms with Crippen molar-refractivity contribution >= 4 is 11.9 Å². The molecule has 0 spiro atoms. The molecule has 2 aromatic heterocycles. The molecule has 0 aliphatic rings. The fourth-order valence-corrected chi connectivity index (χ4v) is 1.03. The van der Waals surface area contributed by atoms with E-state index >= 15 is 0 Å². The quantitative estimate of drug-likeness (QED) is 0.0935. The number of hydrogen-bond donors (Lipinski definition) is 0. The van der Waals surface area contributed by atoms with Gasteiger partial charge in [0.15, 0.2) is 0 Å². The predicted octanol–water partition coefficient (Wildman–Crippen LogP) is -3.01. The molecule has 31 heavy (non-hydrogen) atoms. The summed E-state index contributed by atoms with van der Waals surface area (Å²) in [6.45, 7) is 0. The molecule has 0 aromatic carbocycles. The zero-order valence-electron chi connectivity index (χ0n) is 14.7. The van der Waals surface area contributed by atoms with E-state index < -0.39 is 22.1 Å². The van der Waals surface area contributed by atoms with Crippen LogP contribution >= 0.6 is 0 Å². The van der Waals surface area contributed by atoms with Gasteiger partial charge in [-0.05, 0) is 24.3 Å². The number of nitrogens with zero attached hydrogens (tertiary/aromatic N) is 4. The summed E-state index contributed by atoms with van der Waals surface area (Å²) in [5, 5.41) is 47.4. The standard InChI is InChI=1S/C10H8N2.C2H2O4.Cu.2NO3.H2O.2O.U/c1-3-7-11-9(5-1)10-6-2-4-8-12-10;3-1(4)2(5)6;;2*2-1(3)4;;;;/h1-8H;(H,3,4)(H,5,6);;;;1H2;;;/q;;+2;2*-1;;2*-2;/p-1. The van der Waals surface area contributed by atoms with Crippen LogP contribution in [0.2, 0.25) is 0 Å². The van der Waals surface area contributed by atoms with Crippen LogP contribution in [0.25, 0.3) is 11.4 Å². The van der Waals surface area contributed by atoms with E-state index in [0.29, 0.717) is 0 Å². The molecule has 3 N–H and O–H groups in total. The molecule has 2 heterocycles. The maximum atomic E-state index is 8.93. The van der Waals surface area contributed by atoms with Gasteiger partial charge in [-0.3, -0.25) is 9.97 Å². The number of rotatable bonds is 1. The summed E-state index contributed by atoms with van der Waals surface area (Å²) in [6.07, 6.45) is 3.54. The molecule has 0 aliphatic carbocycles. The number of carboxylic acids is 2. The Labute approximate surface area is 206 Å². The second-order valence-electron chi connectivity index (χ2n) is 3.45. The van der Waals surface area contributed by atoms with Crippen LogP contribution in [-0.4, -0.2) is 32.1 Å². The first-order valence-corrected chi connectivity index (χ1v) is 5.95. The molecule has 19 heteroatoms. The van der Waals surface area contributed by atoms with Gasteiger partial charge in [-0.2, -0.15) is 0 Å². The van der Waals surface area contributed by atoms with Crippen LogP contribution in [0.3, 0.4) is 0 Å². The van der Waals surface area contributed by atoms with Crippen molar-refractivity contribution in [1.82, 2.24) is 9.97 Å². The number of carbonyl (C=O) groups is 2. The molecule has 17 nitrogen and oxygen atoms in total. The monoisotopic (exact) mass is 720 g/mol. The van der Waals surface area contributed by atoms with Crippen molar-refractivity contribution in [1.29, 1.82) is 0 Å². The van der Waals surface area contributed by atoms with Crippen molar-refractivity contribution in [3.05, 3.63) is 79.4 Å². The van der Waals surface area contributed by atoms with Gasteiger partial charge in [0.1, 0.15) is 0 Å². The summed E-state index contributed by atoms with van der Waals surface area (Å²) in [5.41, 5.74) is 1.83. The number of aliphatic carboxylic acids is 2. The first-order chi connectivity index (χ1) is 12.1. The van der Waals surface area contributed by atoms with Crippen LogP contribution in [0, 0.1) is 61.8 Å². The van der Waals surface area contributed by atoms with Crippen molar-refractivity contribution in [3.8, 4) is 11.4 Å². The average molecular weight is 721 g/mol. The normalized spacial score (nSPS) is 6.71. The smallest absolute Gasteiger partial charge is 2.00 e. The summed E-state index contributed by atoms with van der Waals surface area (Å²) < 4.78 is 0. The second-order valence-corrected chi connectivity index (χ2v) is 3.45. The first kappa shape index (κ1) is 46.3. The number of pyridine rings is 2. The summed E-state index contributed by atoms with van der Waals surface area (Å²) >= 11 is 0. The number of aromatic nitrogens is 2. The molecule has 1 radical (unpaired) electrons. The van der Waals surface area contributed by atoms with E-state index in [2.05, 4.69) is 9.97 Å². The Balaban J connectivity index is -0.0000000531. The Morgan fingerprint density at radius 1 is 0.710 bits per heavy atom. The molecular weight excluding hydrogens is 710 g/mol. The Bertz CT molecular complexity index is 643. The first-order valence-electron chi connectivity index (χ1n) is 5.95. The molecule has 177 valence electrons. The minimum atomic E-state index is -2.19. The van der Waals surface area contributed by atoms with Crippen LogP contribution in [0.1, 0.15) is 0 Å². The minimum absolute atomic E-state index is 0. The summed E-state index contributed by atoms with van der Waals surface area (Å²) in [5.74, 6) is -4.37. The van der Waals surface area contributed by atoms with Gasteiger partial charge in [0.2, 0.25) is 0 Å². The molecule has 0 bridgehead atoms. The van der Waals surface area contributed by atoms with Gasteiger partial charge in [0.25, 0.3) is 0 Å². The van der Waals surface area contributed by atoms with Gasteiger partial charge in [-0.1, -0.05) is 12.1 Å². The van der Waals surface area contributed by atoms with Gasteiger partial charge in [0, 0.05) is 43.5 Å². The zero-order chi connectivity index (χ0) is 20.5. The summed E-state index contributed by atoms with van der Waals surface area (Å²) in [7, 11) is 0. The van der Waals surface area contributed by atoms with Crippen molar-refractivity contribution in [2.24, 2.45) is 0 Å². The molecule has 0 amide bonds. The van der Waals surface area contributed by atoms with Crippen LogP contribution < -0.4 is 10.2 Å². The van der Waals surface area contributed by atoms with Crippen molar-refractivity contribution in [3.63, 3.8) is 0 Å². The molecule has 0 saturated carbocycles. The SMILES string of the molecule is O=C([O-])C(=O)[O-].O=[N+]([O-])[O-].O=[N+]([O-])[O-].[Cu+2].[O-2].[O-2].[OH3+].[U].c1ccc(-c2ccccn2)nc1. The number of carboxylic acid groups (broad SMARTS) is 2. The molecule has 0 fully saturated rings. The Morgan fingerprint density at radius 2 is 0.935 bits per heavy atom. The number of carbonyl (C=O) groups excluding carboxylic acids is 2. The van der Waals surface area contributed by atoms with Gasteiger partial charge in [-0.15, -0.1) is 0 Å². The summed E-state index contributed by atoms with van der Waals surface area (Å²) in [6, 6.07) is 11.6. The maximum Gasteiger partial charge on any atom is 2.00 e. The predicted molar refractivity (Wildman–Crippen MR) is 84.4 cm³/mol. The van der Waals surface area contributed by atoms with Crippen LogP contribution in [0.5, 0.6) is 0 Å². The molecule has 2 aromatic rings. The molecule has 0 unspecified atom stereocenters. The second kappa shape index (κ2) is 29.3. The average Bonchev–Trinajstić information content (AvgIpc) is 2.56. The molecular formula is C12H11CuN4O13U-5. The van der Waals surface area contributed by atoms with E-state index in [-0.39, 0.29) is 64.6 Å². The van der Waals surface area contributed by atoms with E-state index in [1.165, 1.54) is 0 Å². The topological polar surface area (TPSA) is 328 Å². The van der Waals surface area contributed by atoms with Crippen LogP contribution in [-0.2, 0) is 43.1 Å². The van der Waals surface area contributed by atoms with Crippen molar-refractivity contribution in [2.45, 2.75) is 0 Å². The Morgan fingerprint density at radius 3 is 1.06 bits per heavy atom.